The second kappa shape index (κ2) is 13.1. The zero-order chi connectivity index (χ0) is 28.8. The number of nitrogens with zero attached hydrogens (tertiary/aromatic N) is 5. The van der Waals surface area contributed by atoms with E-state index in [4.69, 9.17) is 5.10 Å². The first-order chi connectivity index (χ1) is 19.4. The number of hydrogen-bond acceptors (Lipinski definition) is 5. The molecule has 4 aromatic rings. The largest absolute Gasteiger partial charge is 0.340 e. The standard InChI is InChI=1S/C30H38N6O2.C2H6/c1-5-34-18-10-9-13-25(34)23-16-14-22(15-17-23)20-36-27(31-24-11-7-6-8-12-24)26-28(32-36)35(19-21(2)3)30(38)33(4)29(26)37;1-2/h6-8,11-12,14-17,21,25,31H,5,9-10,13,18-20H2,1-4H3;1-2H3. The van der Waals surface area contributed by atoms with Gasteiger partial charge in [-0.2, -0.15) is 5.10 Å². The highest BCUT2D eigenvalue weighted by Gasteiger charge is 2.24. The van der Waals surface area contributed by atoms with Crippen LogP contribution in [0.1, 0.15) is 71.0 Å². The summed E-state index contributed by atoms with van der Waals surface area (Å²) in [6, 6.07) is 19.0. The maximum atomic E-state index is 13.4. The summed E-state index contributed by atoms with van der Waals surface area (Å²) < 4.78 is 4.63. The zero-order valence-corrected chi connectivity index (χ0v) is 24.9. The summed E-state index contributed by atoms with van der Waals surface area (Å²) in [6.45, 7) is 13.5. The van der Waals surface area contributed by atoms with Crippen LogP contribution < -0.4 is 16.6 Å². The van der Waals surface area contributed by atoms with E-state index in [1.807, 2.05) is 48.9 Å². The molecule has 0 radical (unpaired) electrons. The molecule has 2 aromatic carbocycles. The van der Waals surface area contributed by atoms with Gasteiger partial charge in [0.2, 0.25) is 0 Å². The number of piperidine rings is 1. The Morgan fingerprint density at radius 2 is 1.70 bits per heavy atom. The molecule has 1 aliphatic heterocycles. The lowest BCUT2D eigenvalue weighted by molar-refractivity contribution is 0.157. The highest BCUT2D eigenvalue weighted by Crippen LogP contribution is 2.31. The van der Waals surface area contributed by atoms with Crippen molar-refractivity contribution in [3.8, 4) is 0 Å². The van der Waals surface area contributed by atoms with Crippen molar-refractivity contribution in [2.45, 2.75) is 73.0 Å². The quantitative estimate of drug-likeness (QED) is 0.298. The normalized spacial score (nSPS) is 15.7. The van der Waals surface area contributed by atoms with Gasteiger partial charge < -0.3 is 5.32 Å². The van der Waals surface area contributed by atoms with E-state index in [1.54, 1.807) is 4.57 Å². The van der Waals surface area contributed by atoms with Gasteiger partial charge in [0.1, 0.15) is 11.2 Å². The number of anilines is 2. The molecule has 8 nitrogen and oxygen atoms in total. The number of para-hydroxylation sites is 1. The number of aromatic nitrogens is 4. The maximum Gasteiger partial charge on any atom is 0.332 e. The Bertz CT molecular complexity index is 1520. The van der Waals surface area contributed by atoms with E-state index < -0.39 is 0 Å². The van der Waals surface area contributed by atoms with Crippen LogP contribution in [0, 0.1) is 5.92 Å². The highest BCUT2D eigenvalue weighted by atomic mass is 16.2. The molecule has 3 heterocycles. The average Bonchev–Trinajstić information content (AvgIpc) is 3.33. The number of rotatable bonds is 8. The Kier molecular flexibility index (Phi) is 9.63. The summed E-state index contributed by atoms with van der Waals surface area (Å²) in [5.41, 5.74) is 3.02. The van der Waals surface area contributed by atoms with E-state index >= 15 is 0 Å². The van der Waals surface area contributed by atoms with Crippen molar-refractivity contribution in [1.82, 2.24) is 23.8 Å². The fourth-order valence-corrected chi connectivity index (χ4v) is 5.56. The lowest BCUT2D eigenvalue weighted by Crippen LogP contribution is -2.38. The Balaban J connectivity index is 0.00000181. The Morgan fingerprint density at radius 1 is 1.00 bits per heavy atom. The molecule has 1 saturated heterocycles. The molecule has 0 amide bonds. The van der Waals surface area contributed by atoms with Crippen molar-refractivity contribution >= 4 is 22.5 Å². The predicted octanol–water partition coefficient (Wildman–Crippen LogP) is 5.92. The van der Waals surface area contributed by atoms with Crippen molar-refractivity contribution in [3.05, 3.63) is 86.6 Å². The molecule has 0 aliphatic carbocycles. The van der Waals surface area contributed by atoms with Crippen LogP contribution in [0.25, 0.3) is 11.0 Å². The summed E-state index contributed by atoms with van der Waals surface area (Å²) in [7, 11) is 1.54. The molecule has 0 spiro atoms. The molecule has 0 bridgehead atoms. The second-order valence-electron chi connectivity index (χ2n) is 10.7. The van der Waals surface area contributed by atoms with Gasteiger partial charge in [0.25, 0.3) is 5.56 Å². The molecule has 1 N–H and O–H groups in total. The lowest BCUT2D eigenvalue weighted by atomic mass is 9.94. The fourth-order valence-electron chi connectivity index (χ4n) is 5.56. The third-order valence-electron chi connectivity index (χ3n) is 7.53. The molecule has 1 unspecified atom stereocenters. The lowest BCUT2D eigenvalue weighted by Gasteiger charge is -2.35. The van der Waals surface area contributed by atoms with E-state index in [9.17, 15) is 9.59 Å². The third-order valence-corrected chi connectivity index (χ3v) is 7.53. The van der Waals surface area contributed by atoms with Crippen LogP contribution in [-0.2, 0) is 20.1 Å². The van der Waals surface area contributed by atoms with E-state index in [-0.39, 0.29) is 17.2 Å². The topological polar surface area (TPSA) is 77.1 Å². The van der Waals surface area contributed by atoms with Crippen molar-refractivity contribution in [2.24, 2.45) is 13.0 Å². The van der Waals surface area contributed by atoms with E-state index in [0.717, 1.165) is 24.3 Å². The fraction of sp³-hybridized carbons (Fsp3) is 0.469. The van der Waals surface area contributed by atoms with Crippen LogP contribution in [0.5, 0.6) is 0 Å². The summed E-state index contributed by atoms with van der Waals surface area (Å²) in [5.74, 6) is 0.817. The predicted molar refractivity (Wildman–Crippen MR) is 165 cm³/mol. The van der Waals surface area contributed by atoms with Crippen molar-refractivity contribution in [1.29, 1.82) is 0 Å². The molecule has 0 saturated carbocycles. The van der Waals surface area contributed by atoms with Gasteiger partial charge in [-0.15, -0.1) is 0 Å². The average molecular weight is 545 g/mol. The Labute approximate surface area is 237 Å². The smallest absolute Gasteiger partial charge is 0.332 e. The number of fused-ring (bicyclic) bond motifs is 1. The van der Waals surface area contributed by atoms with Gasteiger partial charge in [-0.05, 0) is 55.1 Å². The van der Waals surface area contributed by atoms with E-state index in [0.29, 0.717) is 36.0 Å². The summed E-state index contributed by atoms with van der Waals surface area (Å²) >= 11 is 0. The van der Waals surface area contributed by atoms with E-state index in [1.165, 1.54) is 36.4 Å². The number of nitrogens with one attached hydrogen (secondary N) is 1. The second-order valence-corrected chi connectivity index (χ2v) is 10.7. The van der Waals surface area contributed by atoms with Gasteiger partial charge in [-0.1, -0.05) is 83.5 Å². The molecule has 2 aromatic heterocycles. The zero-order valence-electron chi connectivity index (χ0n) is 24.9. The van der Waals surface area contributed by atoms with Crippen LogP contribution in [0.15, 0.2) is 64.2 Å². The van der Waals surface area contributed by atoms with Gasteiger partial charge in [0.05, 0.1) is 6.54 Å². The molecule has 5 rings (SSSR count). The first kappa shape index (κ1) is 29.3. The number of benzene rings is 2. The Hall–Kier alpha value is -3.65. The van der Waals surface area contributed by atoms with Crippen molar-refractivity contribution < 1.29 is 0 Å². The van der Waals surface area contributed by atoms with Crippen LogP contribution in [-0.4, -0.2) is 36.9 Å². The minimum absolute atomic E-state index is 0.221. The van der Waals surface area contributed by atoms with Gasteiger partial charge in [0.15, 0.2) is 5.65 Å². The maximum absolute atomic E-state index is 13.4. The van der Waals surface area contributed by atoms with Crippen LogP contribution in [0.4, 0.5) is 11.5 Å². The molecule has 8 heteroatoms. The molecule has 1 atom stereocenters. The van der Waals surface area contributed by atoms with Crippen molar-refractivity contribution in [2.75, 3.05) is 18.4 Å². The van der Waals surface area contributed by atoms with Crippen molar-refractivity contribution in [3.63, 3.8) is 0 Å². The summed E-state index contributed by atoms with van der Waals surface area (Å²) in [5, 5.41) is 8.70. The van der Waals surface area contributed by atoms with Crippen LogP contribution in [0.2, 0.25) is 0 Å². The molecule has 1 aliphatic rings. The Morgan fingerprint density at radius 3 is 2.35 bits per heavy atom. The van der Waals surface area contributed by atoms with Gasteiger partial charge in [-0.3, -0.25) is 18.8 Å². The number of hydrogen-bond donors (Lipinski definition) is 1. The summed E-state index contributed by atoms with van der Waals surface area (Å²) in [6.07, 6.45) is 3.73. The first-order valence-corrected chi connectivity index (χ1v) is 14.7. The minimum Gasteiger partial charge on any atom is -0.340 e. The van der Waals surface area contributed by atoms with Gasteiger partial charge >= 0.3 is 5.69 Å². The molecular weight excluding hydrogens is 500 g/mol. The number of likely N-dealkylation sites (tertiary alicyclic amines) is 1. The highest BCUT2D eigenvalue weighted by molar-refractivity contribution is 5.89. The minimum atomic E-state index is -0.345. The monoisotopic (exact) mass is 544 g/mol. The molecule has 1 fully saturated rings. The molecule has 214 valence electrons. The van der Waals surface area contributed by atoms with Gasteiger partial charge in [0, 0.05) is 25.3 Å². The van der Waals surface area contributed by atoms with Crippen LogP contribution >= 0.6 is 0 Å². The summed E-state index contributed by atoms with van der Waals surface area (Å²) in [4.78, 5) is 29.0. The molecular formula is C32H44N6O2. The van der Waals surface area contributed by atoms with Crippen LogP contribution in [0.3, 0.4) is 0 Å². The first-order valence-electron chi connectivity index (χ1n) is 14.7. The van der Waals surface area contributed by atoms with Gasteiger partial charge in [-0.25, -0.2) is 9.48 Å². The molecule has 40 heavy (non-hydrogen) atoms. The SMILES string of the molecule is CC.CCN1CCCCC1c1ccc(Cn2nc3c(c2Nc2ccccc2)c(=O)n(C)c(=O)n3CC(C)C)cc1. The van der Waals surface area contributed by atoms with E-state index in [2.05, 4.69) is 55.3 Å². The third kappa shape index (κ3) is 6.07.